The monoisotopic (exact) mass is 333 g/mol. The van der Waals surface area contributed by atoms with Gasteiger partial charge in [-0.2, -0.15) is 0 Å². The first kappa shape index (κ1) is 13.3. The number of hydrogen-bond acceptors (Lipinski definition) is 3. The van der Waals surface area contributed by atoms with Crippen molar-refractivity contribution in [3.63, 3.8) is 0 Å². The lowest BCUT2D eigenvalue weighted by Crippen LogP contribution is -2.22. The molecule has 2 aromatic carbocycles. The van der Waals surface area contributed by atoms with Crippen LogP contribution in [-0.2, 0) is 6.42 Å². The van der Waals surface area contributed by atoms with Gasteiger partial charge in [0.05, 0.1) is 10.2 Å². The molecule has 20 heavy (non-hydrogen) atoms. The predicted octanol–water partition coefficient (Wildman–Crippen LogP) is 3.72. The van der Waals surface area contributed by atoms with Crippen LogP contribution in [0.15, 0.2) is 40.9 Å². The van der Waals surface area contributed by atoms with Crippen molar-refractivity contribution >= 4 is 21.6 Å². The number of anilines is 1. The van der Waals surface area contributed by atoms with Crippen LogP contribution in [0.4, 0.5) is 5.69 Å². The van der Waals surface area contributed by atoms with Crippen molar-refractivity contribution < 1.29 is 9.47 Å². The maximum absolute atomic E-state index is 5.91. The third kappa shape index (κ3) is 2.61. The summed E-state index contributed by atoms with van der Waals surface area (Å²) in [5, 5.41) is 0. The summed E-state index contributed by atoms with van der Waals surface area (Å²) in [5.41, 5.74) is 9.05. The Balaban J connectivity index is 1.67. The van der Waals surface area contributed by atoms with Crippen LogP contribution < -0.4 is 15.2 Å². The fourth-order valence-corrected chi connectivity index (χ4v) is 2.89. The van der Waals surface area contributed by atoms with Crippen LogP contribution in [0.25, 0.3) is 0 Å². The van der Waals surface area contributed by atoms with Crippen LogP contribution in [-0.4, -0.2) is 12.7 Å². The second-order valence-electron chi connectivity index (χ2n) is 5.02. The molecule has 0 saturated carbocycles. The van der Waals surface area contributed by atoms with E-state index in [9.17, 15) is 0 Å². The Kier molecular flexibility index (Phi) is 3.57. The Morgan fingerprint density at radius 1 is 1.35 bits per heavy atom. The molecule has 2 N–H and O–H groups in total. The number of ether oxygens (including phenoxy) is 2. The van der Waals surface area contributed by atoms with Crippen molar-refractivity contribution in [3.8, 4) is 11.5 Å². The fraction of sp³-hybridized carbons (Fsp3) is 0.250. The molecule has 1 aliphatic rings. The standard InChI is InChI=1S/C16H16BrNO2/c1-10-5-6-15-11(7-10)8-12(20-15)9-19-16-13(17)3-2-4-14(16)18/h2-7,12H,8-9,18H2,1H3. The molecule has 0 bridgehead atoms. The second kappa shape index (κ2) is 5.37. The van der Waals surface area contributed by atoms with Crippen LogP contribution in [0.3, 0.4) is 0 Å². The third-order valence-electron chi connectivity index (χ3n) is 3.37. The minimum atomic E-state index is 0.0401. The zero-order valence-corrected chi connectivity index (χ0v) is 12.8. The predicted molar refractivity (Wildman–Crippen MR) is 83.3 cm³/mol. The molecule has 3 nitrogen and oxygen atoms in total. The first-order valence-corrected chi connectivity index (χ1v) is 7.36. The van der Waals surface area contributed by atoms with Crippen LogP contribution in [0.2, 0.25) is 0 Å². The van der Waals surface area contributed by atoms with Crippen molar-refractivity contribution in [2.24, 2.45) is 0 Å². The van der Waals surface area contributed by atoms with E-state index in [1.165, 1.54) is 11.1 Å². The van der Waals surface area contributed by atoms with Gasteiger partial charge < -0.3 is 15.2 Å². The van der Waals surface area contributed by atoms with Crippen LogP contribution in [0.1, 0.15) is 11.1 Å². The SMILES string of the molecule is Cc1ccc2c(c1)CC(COc1c(N)cccc1Br)O2. The Bertz CT molecular complexity index is 622. The van der Waals surface area contributed by atoms with Gasteiger partial charge in [0.25, 0.3) is 0 Å². The molecule has 0 saturated heterocycles. The van der Waals surface area contributed by atoms with Crippen molar-refractivity contribution in [2.45, 2.75) is 19.4 Å². The molecular formula is C16H16BrNO2. The number of halogens is 1. The van der Waals surface area contributed by atoms with Gasteiger partial charge in [0.15, 0.2) is 5.75 Å². The van der Waals surface area contributed by atoms with Gasteiger partial charge in [0.2, 0.25) is 0 Å². The summed E-state index contributed by atoms with van der Waals surface area (Å²) < 4.78 is 12.6. The van der Waals surface area contributed by atoms with E-state index in [1.807, 2.05) is 24.3 Å². The quantitative estimate of drug-likeness (QED) is 0.870. The molecular weight excluding hydrogens is 318 g/mol. The van der Waals surface area contributed by atoms with Crippen LogP contribution in [0.5, 0.6) is 11.5 Å². The first-order chi connectivity index (χ1) is 9.63. The van der Waals surface area contributed by atoms with Crippen LogP contribution >= 0.6 is 15.9 Å². The van der Waals surface area contributed by atoms with Gasteiger partial charge in [-0.1, -0.05) is 23.8 Å². The number of nitrogens with two attached hydrogens (primary N) is 1. The van der Waals surface area contributed by atoms with E-state index in [0.29, 0.717) is 18.0 Å². The molecule has 1 heterocycles. The first-order valence-electron chi connectivity index (χ1n) is 6.56. The smallest absolute Gasteiger partial charge is 0.156 e. The molecule has 0 fully saturated rings. The highest BCUT2D eigenvalue weighted by atomic mass is 79.9. The second-order valence-corrected chi connectivity index (χ2v) is 5.88. The topological polar surface area (TPSA) is 44.5 Å². The molecule has 4 heteroatoms. The van der Waals surface area contributed by atoms with E-state index in [4.69, 9.17) is 15.2 Å². The Morgan fingerprint density at radius 3 is 3.00 bits per heavy atom. The molecule has 0 radical (unpaired) electrons. The average Bonchev–Trinajstić information content (AvgIpc) is 2.80. The third-order valence-corrected chi connectivity index (χ3v) is 3.99. The van der Waals surface area contributed by atoms with Gasteiger partial charge in [0, 0.05) is 6.42 Å². The molecule has 1 aliphatic heterocycles. The van der Waals surface area contributed by atoms with Gasteiger partial charge in [-0.15, -0.1) is 0 Å². The van der Waals surface area contributed by atoms with E-state index >= 15 is 0 Å². The van der Waals surface area contributed by atoms with E-state index in [2.05, 4.69) is 35.0 Å². The summed E-state index contributed by atoms with van der Waals surface area (Å²) in [6.07, 6.45) is 0.916. The number of aryl methyl sites for hydroxylation is 1. The number of nitrogen functional groups attached to an aromatic ring is 1. The summed E-state index contributed by atoms with van der Waals surface area (Å²) in [7, 11) is 0. The molecule has 0 aliphatic carbocycles. The molecule has 3 rings (SSSR count). The molecule has 0 aromatic heterocycles. The minimum absolute atomic E-state index is 0.0401. The van der Waals surface area contributed by atoms with Gasteiger partial charge in [-0.05, 0) is 46.6 Å². The number of benzene rings is 2. The molecule has 1 atom stereocenters. The van der Waals surface area contributed by atoms with Gasteiger partial charge in [0.1, 0.15) is 18.5 Å². The van der Waals surface area contributed by atoms with Gasteiger partial charge in [-0.3, -0.25) is 0 Å². The Hall–Kier alpha value is -1.68. The van der Waals surface area contributed by atoms with E-state index < -0.39 is 0 Å². The minimum Gasteiger partial charge on any atom is -0.486 e. The Labute approximate surface area is 126 Å². The summed E-state index contributed by atoms with van der Waals surface area (Å²) in [6.45, 7) is 2.58. The number of fused-ring (bicyclic) bond motifs is 1. The maximum Gasteiger partial charge on any atom is 0.156 e. The number of rotatable bonds is 3. The normalized spacial score (nSPS) is 16.6. The van der Waals surface area contributed by atoms with Crippen molar-refractivity contribution in [1.29, 1.82) is 0 Å². The molecule has 2 aromatic rings. The number of hydrogen-bond donors (Lipinski definition) is 1. The Morgan fingerprint density at radius 2 is 2.20 bits per heavy atom. The zero-order valence-electron chi connectivity index (χ0n) is 11.2. The summed E-state index contributed by atoms with van der Waals surface area (Å²) in [6, 6.07) is 11.9. The summed E-state index contributed by atoms with van der Waals surface area (Å²) in [4.78, 5) is 0. The van der Waals surface area contributed by atoms with E-state index in [0.717, 1.165) is 16.6 Å². The lowest BCUT2D eigenvalue weighted by molar-refractivity contribution is 0.148. The van der Waals surface area contributed by atoms with Gasteiger partial charge in [-0.25, -0.2) is 0 Å². The summed E-state index contributed by atoms with van der Waals surface area (Å²) in [5.74, 6) is 1.65. The zero-order chi connectivity index (χ0) is 14.1. The highest BCUT2D eigenvalue weighted by molar-refractivity contribution is 9.10. The molecule has 104 valence electrons. The average molecular weight is 334 g/mol. The lowest BCUT2D eigenvalue weighted by Gasteiger charge is -2.14. The molecule has 1 unspecified atom stereocenters. The fourth-order valence-electron chi connectivity index (χ4n) is 2.40. The lowest BCUT2D eigenvalue weighted by atomic mass is 10.1. The van der Waals surface area contributed by atoms with Crippen LogP contribution in [0, 0.1) is 6.92 Å². The van der Waals surface area contributed by atoms with Crippen molar-refractivity contribution in [2.75, 3.05) is 12.3 Å². The van der Waals surface area contributed by atoms with E-state index in [-0.39, 0.29) is 6.10 Å². The number of para-hydroxylation sites is 1. The highest BCUT2D eigenvalue weighted by Crippen LogP contribution is 2.33. The van der Waals surface area contributed by atoms with E-state index in [1.54, 1.807) is 0 Å². The molecule has 0 spiro atoms. The van der Waals surface area contributed by atoms with Crippen molar-refractivity contribution in [1.82, 2.24) is 0 Å². The largest absolute Gasteiger partial charge is 0.486 e. The van der Waals surface area contributed by atoms with Gasteiger partial charge >= 0.3 is 0 Å². The van der Waals surface area contributed by atoms with Crippen molar-refractivity contribution in [3.05, 3.63) is 52.0 Å². The molecule has 0 amide bonds. The summed E-state index contributed by atoms with van der Waals surface area (Å²) >= 11 is 3.45. The maximum atomic E-state index is 5.91. The highest BCUT2D eigenvalue weighted by Gasteiger charge is 2.23.